The van der Waals surface area contributed by atoms with Gasteiger partial charge in [-0.25, -0.2) is 8.78 Å². The molecule has 0 saturated heterocycles. The highest BCUT2D eigenvalue weighted by atomic mass is 35.5. The molecule has 1 aliphatic carbocycles. The molecule has 1 saturated carbocycles. The van der Waals surface area contributed by atoms with Gasteiger partial charge in [0.15, 0.2) is 0 Å². The van der Waals surface area contributed by atoms with Crippen molar-refractivity contribution in [3.8, 4) is 17.0 Å². The molecule has 1 heterocycles. The molecule has 0 aliphatic heterocycles. The maximum Gasteiger partial charge on any atom is 0.147 e. The van der Waals surface area contributed by atoms with Crippen molar-refractivity contribution in [2.45, 2.75) is 25.4 Å². The Bertz CT molecular complexity index is 901. The minimum atomic E-state index is -0.686. The molecule has 0 N–H and O–H groups in total. The van der Waals surface area contributed by atoms with Crippen molar-refractivity contribution in [2.75, 3.05) is 0 Å². The van der Waals surface area contributed by atoms with Crippen LogP contribution in [0.15, 0.2) is 40.9 Å². The fourth-order valence-electron chi connectivity index (χ4n) is 2.71. The molecular formula is C19H13ClF2NO2. The molecule has 1 radical (unpaired) electrons. The number of ether oxygens (including phenoxy) is 1. The van der Waals surface area contributed by atoms with Crippen LogP contribution in [0.25, 0.3) is 11.3 Å². The van der Waals surface area contributed by atoms with Crippen molar-refractivity contribution in [2.24, 2.45) is 0 Å². The number of benzene rings is 2. The number of nitrogens with zero attached hydrogens (tertiary/aromatic N) is 1. The van der Waals surface area contributed by atoms with Crippen LogP contribution in [0, 0.1) is 17.7 Å². The summed E-state index contributed by atoms with van der Waals surface area (Å²) in [6, 6.07) is 11.5. The third-order valence-electron chi connectivity index (χ3n) is 4.09. The quantitative estimate of drug-likeness (QED) is 0.600. The van der Waals surface area contributed by atoms with E-state index in [0.29, 0.717) is 22.1 Å². The molecule has 1 aliphatic rings. The van der Waals surface area contributed by atoms with Gasteiger partial charge in [-0.1, -0.05) is 22.8 Å². The Labute approximate surface area is 148 Å². The van der Waals surface area contributed by atoms with Gasteiger partial charge in [-0.2, -0.15) is 0 Å². The lowest BCUT2D eigenvalue weighted by Gasteiger charge is -2.09. The largest absolute Gasteiger partial charge is 0.489 e. The summed E-state index contributed by atoms with van der Waals surface area (Å²) in [4.78, 5) is 0. The van der Waals surface area contributed by atoms with Crippen molar-refractivity contribution in [1.29, 1.82) is 0 Å². The van der Waals surface area contributed by atoms with E-state index < -0.39 is 11.6 Å². The summed E-state index contributed by atoms with van der Waals surface area (Å²) in [6.07, 6.45) is 1.93. The molecule has 0 unspecified atom stereocenters. The Hall–Kier alpha value is -2.40. The smallest absolute Gasteiger partial charge is 0.147 e. The summed E-state index contributed by atoms with van der Waals surface area (Å²) in [5.74, 6) is 0.0174. The Kier molecular flexibility index (Phi) is 4.17. The van der Waals surface area contributed by atoms with Gasteiger partial charge in [-0.3, -0.25) is 0 Å². The van der Waals surface area contributed by atoms with E-state index in [9.17, 15) is 8.78 Å². The molecule has 1 aromatic heterocycles. The SMILES string of the molecule is Fc1cccc(F)c1-c1noc(C2CC2)c1COc1cc[c]c(Cl)c1. The summed E-state index contributed by atoms with van der Waals surface area (Å²) in [5, 5.41) is 4.35. The molecule has 6 heteroatoms. The van der Waals surface area contributed by atoms with E-state index in [1.165, 1.54) is 18.2 Å². The van der Waals surface area contributed by atoms with Gasteiger partial charge in [-0.05, 0) is 43.2 Å². The Morgan fingerprint density at radius 1 is 1.24 bits per heavy atom. The summed E-state index contributed by atoms with van der Waals surface area (Å²) in [7, 11) is 0. The van der Waals surface area contributed by atoms with Crippen LogP contribution in [0.2, 0.25) is 5.02 Å². The van der Waals surface area contributed by atoms with Crippen molar-refractivity contribution in [3.63, 3.8) is 0 Å². The van der Waals surface area contributed by atoms with Gasteiger partial charge < -0.3 is 9.26 Å². The third kappa shape index (κ3) is 3.24. The van der Waals surface area contributed by atoms with Gasteiger partial charge in [0, 0.05) is 12.0 Å². The highest BCUT2D eigenvalue weighted by Gasteiger charge is 2.34. The zero-order valence-corrected chi connectivity index (χ0v) is 13.8. The van der Waals surface area contributed by atoms with Crippen molar-refractivity contribution in [1.82, 2.24) is 5.16 Å². The summed E-state index contributed by atoms with van der Waals surface area (Å²) >= 11 is 5.90. The molecule has 2 aromatic carbocycles. The predicted molar refractivity (Wildman–Crippen MR) is 88.5 cm³/mol. The molecule has 25 heavy (non-hydrogen) atoms. The monoisotopic (exact) mass is 360 g/mol. The van der Waals surface area contributed by atoms with Gasteiger partial charge in [0.05, 0.1) is 16.1 Å². The van der Waals surface area contributed by atoms with Crippen LogP contribution in [0.1, 0.15) is 30.1 Å². The molecule has 3 nitrogen and oxygen atoms in total. The van der Waals surface area contributed by atoms with Crippen LogP contribution in [0.5, 0.6) is 5.75 Å². The topological polar surface area (TPSA) is 35.3 Å². The normalized spacial score (nSPS) is 13.9. The van der Waals surface area contributed by atoms with E-state index >= 15 is 0 Å². The first kappa shape index (κ1) is 16.1. The maximum absolute atomic E-state index is 14.2. The molecule has 0 spiro atoms. The maximum atomic E-state index is 14.2. The highest BCUT2D eigenvalue weighted by molar-refractivity contribution is 6.30. The number of rotatable bonds is 5. The minimum Gasteiger partial charge on any atom is -0.489 e. The van der Waals surface area contributed by atoms with Crippen LogP contribution in [0.4, 0.5) is 8.78 Å². The first-order valence-corrected chi connectivity index (χ1v) is 8.24. The zero-order valence-electron chi connectivity index (χ0n) is 13.1. The second-order valence-corrected chi connectivity index (χ2v) is 6.31. The fraction of sp³-hybridized carbons (Fsp3) is 0.211. The molecule has 0 bridgehead atoms. The second-order valence-electron chi connectivity index (χ2n) is 5.91. The Morgan fingerprint density at radius 3 is 2.68 bits per heavy atom. The lowest BCUT2D eigenvalue weighted by atomic mass is 10.0. The Morgan fingerprint density at radius 2 is 2.00 bits per heavy atom. The average Bonchev–Trinajstić information content (AvgIpc) is 3.34. The highest BCUT2D eigenvalue weighted by Crippen LogP contribution is 2.44. The summed E-state index contributed by atoms with van der Waals surface area (Å²) < 4.78 is 39.5. The molecule has 1 fully saturated rings. The lowest BCUT2D eigenvalue weighted by molar-refractivity contribution is 0.300. The first-order valence-electron chi connectivity index (χ1n) is 7.86. The average molecular weight is 361 g/mol. The molecule has 127 valence electrons. The van der Waals surface area contributed by atoms with Crippen LogP contribution in [-0.4, -0.2) is 5.16 Å². The van der Waals surface area contributed by atoms with E-state index in [1.54, 1.807) is 18.2 Å². The number of aromatic nitrogens is 1. The fourth-order valence-corrected chi connectivity index (χ4v) is 2.88. The van der Waals surface area contributed by atoms with Crippen LogP contribution in [0.3, 0.4) is 0 Å². The summed E-state index contributed by atoms with van der Waals surface area (Å²) in [5.41, 5.74) is 0.512. The van der Waals surface area contributed by atoms with Crippen molar-refractivity contribution >= 4 is 11.6 Å². The molecule has 3 aromatic rings. The summed E-state index contributed by atoms with van der Waals surface area (Å²) in [6.45, 7) is 0.0821. The van der Waals surface area contributed by atoms with Gasteiger partial charge >= 0.3 is 0 Å². The second kappa shape index (κ2) is 6.48. The van der Waals surface area contributed by atoms with Crippen LogP contribution >= 0.6 is 11.6 Å². The molecule has 0 amide bonds. The van der Waals surface area contributed by atoms with E-state index in [4.69, 9.17) is 20.9 Å². The number of halogens is 3. The van der Waals surface area contributed by atoms with E-state index in [-0.39, 0.29) is 23.8 Å². The van der Waals surface area contributed by atoms with E-state index in [1.807, 2.05) is 0 Å². The molecular weight excluding hydrogens is 348 g/mol. The van der Waals surface area contributed by atoms with E-state index in [0.717, 1.165) is 12.8 Å². The Balaban J connectivity index is 1.71. The van der Waals surface area contributed by atoms with Crippen LogP contribution in [-0.2, 0) is 6.61 Å². The van der Waals surface area contributed by atoms with E-state index in [2.05, 4.69) is 11.2 Å². The van der Waals surface area contributed by atoms with Gasteiger partial charge in [0.2, 0.25) is 0 Å². The molecule has 0 atom stereocenters. The van der Waals surface area contributed by atoms with Gasteiger partial charge in [0.25, 0.3) is 0 Å². The lowest BCUT2D eigenvalue weighted by Crippen LogP contribution is -2.01. The zero-order chi connectivity index (χ0) is 17.4. The van der Waals surface area contributed by atoms with Crippen LogP contribution < -0.4 is 4.74 Å². The molecule has 4 rings (SSSR count). The van der Waals surface area contributed by atoms with Crippen molar-refractivity contribution in [3.05, 3.63) is 70.4 Å². The van der Waals surface area contributed by atoms with Gasteiger partial charge in [0.1, 0.15) is 35.4 Å². The van der Waals surface area contributed by atoms with Crippen molar-refractivity contribution < 1.29 is 18.0 Å². The minimum absolute atomic E-state index is 0.0821. The number of hydrogen-bond acceptors (Lipinski definition) is 3. The standard InChI is InChI=1S/C19H13ClF2NO2/c20-12-3-1-4-13(9-12)24-10-14-18(23-25-19(14)11-7-8-11)17-15(21)5-2-6-16(17)22/h1-2,4-6,9,11H,7-8,10H2. The number of hydrogen-bond donors (Lipinski definition) is 0. The third-order valence-corrected chi connectivity index (χ3v) is 4.31. The van der Waals surface area contributed by atoms with Gasteiger partial charge in [-0.15, -0.1) is 0 Å². The first-order chi connectivity index (χ1) is 12.1. The predicted octanol–water partition coefficient (Wildman–Crippen LogP) is 5.53.